The molecule has 0 heterocycles. The highest BCUT2D eigenvalue weighted by atomic mass is 16.6. The first kappa shape index (κ1) is 18.1. The van der Waals surface area contributed by atoms with Crippen LogP contribution in [-0.4, -0.2) is 35.9 Å². The molecule has 0 radical (unpaired) electrons. The van der Waals surface area contributed by atoms with Gasteiger partial charge in [0.05, 0.1) is 17.6 Å². The summed E-state index contributed by atoms with van der Waals surface area (Å²) in [5.74, 6) is -0.876. The Morgan fingerprint density at radius 3 is 2.36 bits per heavy atom. The number of methoxy groups -OCH3 is 1. The summed E-state index contributed by atoms with van der Waals surface area (Å²) in [7, 11) is 2.88. The maximum Gasteiger partial charge on any atom is 0.337 e. The monoisotopic (exact) mass is 342 g/mol. The van der Waals surface area contributed by atoms with E-state index in [9.17, 15) is 19.7 Å². The SMILES string of the molecule is COC(=O)c1ccc(CN(C)C(=O)c2cccc(C)c2[N+](=O)[O-])cc1. The molecule has 2 aromatic rings. The van der Waals surface area contributed by atoms with Crippen molar-refractivity contribution in [3.63, 3.8) is 0 Å². The second-order valence-corrected chi connectivity index (χ2v) is 5.58. The van der Waals surface area contributed by atoms with E-state index in [4.69, 9.17) is 0 Å². The van der Waals surface area contributed by atoms with Crippen LogP contribution in [0.3, 0.4) is 0 Å². The minimum absolute atomic E-state index is 0.0543. The molecule has 25 heavy (non-hydrogen) atoms. The van der Waals surface area contributed by atoms with E-state index in [2.05, 4.69) is 4.74 Å². The average Bonchev–Trinajstić information content (AvgIpc) is 2.60. The van der Waals surface area contributed by atoms with Crippen molar-refractivity contribution < 1.29 is 19.2 Å². The van der Waals surface area contributed by atoms with Gasteiger partial charge in [-0.05, 0) is 30.7 Å². The molecule has 0 spiro atoms. The third-order valence-corrected chi connectivity index (χ3v) is 3.79. The predicted molar refractivity (Wildman–Crippen MR) is 91.4 cm³/mol. The summed E-state index contributed by atoms with van der Waals surface area (Å²) in [5, 5.41) is 11.2. The number of nitrogens with zero attached hydrogens (tertiary/aromatic N) is 2. The fraction of sp³-hybridized carbons (Fsp3) is 0.222. The molecule has 0 aliphatic heterocycles. The first-order valence-corrected chi connectivity index (χ1v) is 7.52. The summed E-state index contributed by atoms with van der Waals surface area (Å²) in [6.45, 7) is 1.85. The van der Waals surface area contributed by atoms with Crippen molar-refractivity contribution >= 4 is 17.6 Å². The molecule has 0 N–H and O–H groups in total. The lowest BCUT2D eigenvalue weighted by Gasteiger charge is -2.18. The summed E-state index contributed by atoms with van der Waals surface area (Å²) >= 11 is 0. The molecule has 0 aromatic heterocycles. The van der Waals surface area contributed by atoms with Crippen LogP contribution in [-0.2, 0) is 11.3 Å². The van der Waals surface area contributed by atoms with Crippen molar-refractivity contribution in [1.82, 2.24) is 4.90 Å². The van der Waals surface area contributed by atoms with Crippen LogP contribution in [0.15, 0.2) is 42.5 Å². The van der Waals surface area contributed by atoms with Crippen LogP contribution in [0.25, 0.3) is 0 Å². The summed E-state index contributed by atoms with van der Waals surface area (Å²) in [6.07, 6.45) is 0. The molecule has 0 saturated carbocycles. The second kappa shape index (κ2) is 7.57. The van der Waals surface area contributed by atoms with Gasteiger partial charge >= 0.3 is 5.97 Å². The van der Waals surface area contributed by atoms with E-state index in [1.807, 2.05) is 0 Å². The summed E-state index contributed by atoms with van der Waals surface area (Å²) in [6, 6.07) is 11.3. The Labute approximate surface area is 145 Å². The lowest BCUT2D eigenvalue weighted by molar-refractivity contribution is -0.385. The fourth-order valence-corrected chi connectivity index (χ4v) is 2.49. The minimum atomic E-state index is -0.540. The molecule has 0 aliphatic carbocycles. The predicted octanol–water partition coefficient (Wildman–Crippen LogP) is 2.96. The van der Waals surface area contributed by atoms with Crippen LogP contribution in [0.2, 0.25) is 0 Å². The number of carbonyl (C=O) groups excluding carboxylic acids is 2. The molecule has 1 amide bonds. The number of amides is 1. The third-order valence-electron chi connectivity index (χ3n) is 3.79. The molecule has 0 atom stereocenters. The van der Waals surface area contributed by atoms with Gasteiger partial charge in [-0.15, -0.1) is 0 Å². The maximum absolute atomic E-state index is 12.6. The molecule has 0 saturated heterocycles. The molecule has 0 bridgehead atoms. The van der Waals surface area contributed by atoms with E-state index in [1.165, 1.54) is 18.1 Å². The largest absolute Gasteiger partial charge is 0.465 e. The van der Waals surface area contributed by atoms with Gasteiger partial charge in [0, 0.05) is 19.2 Å². The first-order chi connectivity index (χ1) is 11.8. The number of ether oxygens (including phenoxy) is 1. The molecule has 0 aliphatic rings. The van der Waals surface area contributed by atoms with Gasteiger partial charge in [-0.25, -0.2) is 4.79 Å². The van der Waals surface area contributed by atoms with Crippen LogP contribution in [0.1, 0.15) is 31.8 Å². The van der Waals surface area contributed by atoms with Crippen molar-refractivity contribution in [2.75, 3.05) is 14.2 Å². The third kappa shape index (κ3) is 4.00. The lowest BCUT2D eigenvalue weighted by Crippen LogP contribution is -2.27. The van der Waals surface area contributed by atoms with Gasteiger partial charge in [0.1, 0.15) is 5.56 Å². The molecule has 2 aromatic carbocycles. The Morgan fingerprint density at radius 1 is 1.16 bits per heavy atom. The number of rotatable bonds is 5. The van der Waals surface area contributed by atoms with Crippen molar-refractivity contribution in [2.45, 2.75) is 13.5 Å². The number of nitro benzene ring substituents is 1. The molecular weight excluding hydrogens is 324 g/mol. The van der Waals surface area contributed by atoms with E-state index in [1.54, 1.807) is 50.4 Å². The van der Waals surface area contributed by atoms with Crippen molar-refractivity contribution in [1.29, 1.82) is 0 Å². The van der Waals surface area contributed by atoms with Gasteiger partial charge < -0.3 is 9.64 Å². The van der Waals surface area contributed by atoms with Gasteiger partial charge in [-0.1, -0.05) is 24.3 Å². The van der Waals surface area contributed by atoms with Gasteiger partial charge in [0.2, 0.25) is 0 Å². The second-order valence-electron chi connectivity index (χ2n) is 5.58. The van der Waals surface area contributed by atoms with Crippen molar-refractivity contribution in [3.8, 4) is 0 Å². The number of aryl methyl sites for hydroxylation is 1. The zero-order chi connectivity index (χ0) is 18.6. The number of esters is 1. The molecular formula is C18H18N2O5. The Morgan fingerprint density at radius 2 is 1.80 bits per heavy atom. The molecule has 130 valence electrons. The smallest absolute Gasteiger partial charge is 0.337 e. The highest BCUT2D eigenvalue weighted by Crippen LogP contribution is 2.24. The number of benzene rings is 2. The number of carbonyl (C=O) groups is 2. The number of hydrogen-bond donors (Lipinski definition) is 0. The fourth-order valence-electron chi connectivity index (χ4n) is 2.49. The Hall–Kier alpha value is -3.22. The van der Waals surface area contributed by atoms with Crippen LogP contribution < -0.4 is 0 Å². The highest BCUT2D eigenvalue weighted by molar-refractivity contribution is 5.98. The molecule has 0 fully saturated rings. The van der Waals surface area contributed by atoms with Gasteiger partial charge in [-0.3, -0.25) is 14.9 Å². The van der Waals surface area contributed by atoms with Crippen LogP contribution in [0.5, 0.6) is 0 Å². The van der Waals surface area contributed by atoms with Crippen LogP contribution in [0, 0.1) is 17.0 Å². The molecule has 7 nitrogen and oxygen atoms in total. The Balaban J connectivity index is 2.20. The summed E-state index contributed by atoms with van der Waals surface area (Å²) < 4.78 is 4.63. The average molecular weight is 342 g/mol. The number of nitro groups is 1. The molecule has 2 rings (SSSR count). The van der Waals surface area contributed by atoms with Crippen molar-refractivity contribution in [2.24, 2.45) is 0 Å². The zero-order valence-corrected chi connectivity index (χ0v) is 14.2. The van der Waals surface area contributed by atoms with E-state index >= 15 is 0 Å². The molecule has 0 unspecified atom stereocenters. The minimum Gasteiger partial charge on any atom is -0.465 e. The maximum atomic E-state index is 12.6. The number of hydrogen-bond acceptors (Lipinski definition) is 5. The highest BCUT2D eigenvalue weighted by Gasteiger charge is 2.24. The first-order valence-electron chi connectivity index (χ1n) is 7.52. The van der Waals surface area contributed by atoms with Gasteiger partial charge in [0.15, 0.2) is 0 Å². The molecule has 7 heteroatoms. The van der Waals surface area contributed by atoms with Gasteiger partial charge in [0.25, 0.3) is 11.6 Å². The lowest BCUT2D eigenvalue weighted by atomic mass is 10.1. The van der Waals surface area contributed by atoms with E-state index in [-0.39, 0.29) is 17.8 Å². The zero-order valence-electron chi connectivity index (χ0n) is 14.2. The van der Waals surface area contributed by atoms with E-state index in [0.717, 1.165) is 5.56 Å². The van der Waals surface area contributed by atoms with Crippen LogP contribution in [0.4, 0.5) is 5.69 Å². The van der Waals surface area contributed by atoms with Crippen molar-refractivity contribution in [3.05, 3.63) is 74.8 Å². The normalized spacial score (nSPS) is 10.2. The standard InChI is InChI=1S/C18H18N2O5/c1-12-5-4-6-15(16(12)20(23)24)17(21)19(2)11-13-7-9-14(10-8-13)18(22)25-3/h4-10H,11H2,1-3H3. The summed E-state index contributed by atoms with van der Waals surface area (Å²) in [5.41, 5.74) is 1.51. The quantitative estimate of drug-likeness (QED) is 0.473. The topological polar surface area (TPSA) is 89.8 Å². The van der Waals surface area contributed by atoms with E-state index < -0.39 is 16.8 Å². The van der Waals surface area contributed by atoms with Gasteiger partial charge in [-0.2, -0.15) is 0 Å². The summed E-state index contributed by atoms with van der Waals surface area (Å²) in [4.78, 5) is 36.1. The Kier molecular flexibility index (Phi) is 5.49. The van der Waals surface area contributed by atoms with E-state index in [0.29, 0.717) is 11.1 Å². The number of para-hydroxylation sites is 1. The van der Waals surface area contributed by atoms with Crippen LogP contribution >= 0.6 is 0 Å². The Bertz CT molecular complexity index is 815.